The van der Waals surface area contributed by atoms with Crippen molar-refractivity contribution in [3.8, 4) is 0 Å². The summed E-state index contributed by atoms with van der Waals surface area (Å²) in [6, 6.07) is 0.341. The molecule has 0 radical (unpaired) electrons. The number of ether oxygens (including phenoxy) is 2. The Hall–Kier alpha value is -0.650. The van der Waals surface area contributed by atoms with Crippen molar-refractivity contribution in [1.29, 1.82) is 0 Å². The number of rotatable bonds is 6. The first-order chi connectivity index (χ1) is 11.2. The van der Waals surface area contributed by atoms with E-state index in [1.165, 1.54) is 19.3 Å². The van der Waals surface area contributed by atoms with E-state index in [1.54, 1.807) is 7.11 Å². The Labute approximate surface area is 139 Å². The van der Waals surface area contributed by atoms with Gasteiger partial charge in [-0.1, -0.05) is 6.42 Å². The lowest BCUT2D eigenvalue weighted by Gasteiger charge is -2.44. The molecule has 132 valence electrons. The maximum absolute atomic E-state index is 12.9. The van der Waals surface area contributed by atoms with Crippen LogP contribution in [0.5, 0.6) is 0 Å². The number of amides is 1. The van der Waals surface area contributed by atoms with Crippen molar-refractivity contribution in [1.82, 2.24) is 4.90 Å². The molecule has 2 aliphatic carbocycles. The predicted octanol–water partition coefficient (Wildman–Crippen LogP) is 1.65. The molecule has 3 fully saturated rings. The number of carbonyl (C=O) groups is 1. The average Bonchev–Trinajstić information content (AvgIpc) is 2.99. The third kappa shape index (κ3) is 4.06. The molecule has 5 heteroatoms. The molecule has 0 aromatic carbocycles. The molecule has 1 aliphatic heterocycles. The number of methoxy groups -OCH3 is 1. The summed E-state index contributed by atoms with van der Waals surface area (Å²) in [6.07, 6.45) is 6.84. The van der Waals surface area contributed by atoms with E-state index in [4.69, 9.17) is 15.2 Å². The first-order valence-electron chi connectivity index (χ1n) is 9.30. The van der Waals surface area contributed by atoms with Crippen LogP contribution in [0.2, 0.25) is 0 Å². The summed E-state index contributed by atoms with van der Waals surface area (Å²) in [6.45, 7) is 3.79. The third-order valence-corrected chi connectivity index (χ3v) is 6.15. The van der Waals surface area contributed by atoms with Crippen LogP contribution in [-0.2, 0) is 14.3 Å². The zero-order chi connectivity index (χ0) is 16.2. The lowest BCUT2D eigenvalue weighted by molar-refractivity contribution is -0.137. The van der Waals surface area contributed by atoms with Crippen LogP contribution in [0.25, 0.3) is 0 Å². The molecule has 0 aromatic rings. The van der Waals surface area contributed by atoms with E-state index >= 15 is 0 Å². The van der Waals surface area contributed by atoms with Gasteiger partial charge in [-0.15, -0.1) is 0 Å². The molecule has 5 nitrogen and oxygen atoms in total. The minimum absolute atomic E-state index is 0.221. The molecule has 1 heterocycles. The van der Waals surface area contributed by atoms with E-state index in [0.717, 1.165) is 39.0 Å². The van der Waals surface area contributed by atoms with Crippen LogP contribution in [0.3, 0.4) is 0 Å². The molecular weight excluding hydrogens is 292 g/mol. The predicted molar refractivity (Wildman–Crippen MR) is 88.9 cm³/mol. The van der Waals surface area contributed by atoms with Gasteiger partial charge in [0.05, 0.1) is 19.8 Å². The molecule has 3 rings (SSSR count). The van der Waals surface area contributed by atoms with E-state index < -0.39 is 0 Å². The van der Waals surface area contributed by atoms with Gasteiger partial charge in [-0.3, -0.25) is 4.79 Å². The van der Waals surface area contributed by atoms with Crippen molar-refractivity contribution in [3.63, 3.8) is 0 Å². The van der Waals surface area contributed by atoms with Gasteiger partial charge in [0.15, 0.2) is 0 Å². The van der Waals surface area contributed by atoms with E-state index in [2.05, 4.69) is 4.90 Å². The second kappa shape index (κ2) is 7.95. The van der Waals surface area contributed by atoms with Crippen molar-refractivity contribution < 1.29 is 14.3 Å². The quantitative estimate of drug-likeness (QED) is 0.755. The second-order valence-corrected chi connectivity index (χ2v) is 7.70. The molecular formula is C18H32N2O3. The minimum atomic E-state index is 0.221. The Morgan fingerprint density at radius 1 is 1.17 bits per heavy atom. The Kier molecular flexibility index (Phi) is 5.94. The van der Waals surface area contributed by atoms with Crippen molar-refractivity contribution in [2.24, 2.45) is 29.4 Å². The highest BCUT2D eigenvalue weighted by Gasteiger charge is 2.42. The highest BCUT2D eigenvalue weighted by atomic mass is 16.5. The summed E-state index contributed by atoms with van der Waals surface area (Å²) in [7, 11) is 1.69. The highest BCUT2D eigenvalue weighted by Crippen LogP contribution is 2.42. The SMILES string of the molecule is COCCOCC1CCN(C(=O)C2CC3CCCC(C2)C3N)C1. The van der Waals surface area contributed by atoms with Gasteiger partial charge in [-0.05, 0) is 43.9 Å². The topological polar surface area (TPSA) is 64.8 Å². The van der Waals surface area contributed by atoms with Crippen LogP contribution in [0.4, 0.5) is 0 Å². The van der Waals surface area contributed by atoms with Crippen molar-refractivity contribution >= 4 is 5.91 Å². The minimum Gasteiger partial charge on any atom is -0.382 e. The molecule has 0 aromatic heterocycles. The fourth-order valence-electron chi connectivity index (χ4n) is 4.81. The molecule has 3 unspecified atom stereocenters. The molecule has 0 spiro atoms. The summed E-state index contributed by atoms with van der Waals surface area (Å²) in [5.74, 6) is 2.24. The van der Waals surface area contributed by atoms with Gasteiger partial charge < -0.3 is 20.1 Å². The number of carbonyl (C=O) groups excluding carboxylic acids is 1. The van der Waals surface area contributed by atoms with Gasteiger partial charge in [0.2, 0.25) is 5.91 Å². The van der Waals surface area contributed by atoms with Crippen LogP contribution in [-0.4, -0.2) is 56.9 Å². The molecule has 2 saturated carbocycles. The highest BCUT2D eigenvalue weighted by molar-refractivity contribution is 5.79. The normalized spacial score (nSPS) is 37.1. The standard InChI is InChI=1S/C18H32N2O3/c1-22-7-8-23-12-13-5-6-20(11-13)18(21)16-9-14-3-2-4-15(10-16)17(14)19/h13-17H,2-12,19H2,1H3. The first kappa shape index (κ1) is 17.2. The molecule has 1 saturated heterocycles. The van der Waals surface area contributed by atoms with Crippen LogP contribution in [0, 0.1) is 23.7 Å². The summed E-state index contributed by atoms with van der Waals surface area (Å²) in [4.78, 5) is 15.0. The zero-order valence-corrected chi connectivity index (χ0v) is 14.4. The lowest BCUT2D eigenvalue weighted by atomic mass is 9.65. The van der Waals surface area contributed by atoms with Crippen molar-refractivity contribution in [2.45, 2.75) is 44.6 Å². The molecule has 23 heavy (non-hydrogen) atoms. The second-order valence-electron chi connectivity index (χ2n) is 7.70. The molecule has 3 aliphatic rings. The fourth-order valence-corrected chi connectivity index (χ4v) is 4.81. The van der Waals surface area contributed by atoms with Gasteiger partial charge in [-0.25, -0.2) is 0 Å². The number of nitrogens with zero attached hydrogens (tertiary/aromatic N) is 1. The van der Waals surface area contributed by atoms with Gasteiger partial charge in [0, 0.05) is 38.1 Å². The summed E-state index contributed by atoms with van der Waals surface area (Å²) in [5, 5.41) is 0. The Morgan fingerprint density at radius 3 is 2.61 bits per heavy atom. The number of nitrogens with two attached hydrogens (primary N) is 1. The van der Waals surface area contributed by atoms with Crippen molar-refractivity contribution in [2.75, 3.05) is 40.0 Å². The monoisotopic (exact) mass is 324 g/mol. The average molecular weight is 324 g/mol. The van der Waals surface area contributed by atoms with E-state index in [-0.39, 0.29) is 5.92 Å². The smallest absolute Gasteiger partial charge is 0.225 e. The van der Waals surface area contributed by atoms with E-state index in [9.17, 15) is 4.79 Å². The Bertz CT molecular complexity index is 390. The van der Waals surface area contributed by atoms with Gasteiger partial charge in [0.25, 0.3) is 0 Å². The van der Waals surface area contributed by atoms with Crippen LogP contribution < -0.4 is 5.73 Å². The van der Waals surface area contributed by atoms with E-state index in [0.29, 0.717) is 42.9 Å². The molecule has 3 atom stereocenters. The number of hydrogen-bond acceptors (Lipinski definition) is 4. The molecule has 1 amide bonds. The Morgan fingerprint density at radius 2 is 1.91 bits per heavy atom. The van der Waals surface area contributed by atoms with Crippen LogP contribution in [0.1, 0.15) is 38.5 Å². The van der Waals surface area contributed by atoms with Crippen LogP contribution >= 0.6 is 0 Å². The van der Waals surface area contributed by atoms with Gasteiger partial charge in [0.1, 0.15) is 0 Å². The van der Waals surface area contributed by atoms with Gasteiger partial charge in [-0.2, -0.15) is 0 Å². The van der Waals surface area contributed by atoms with Crippen LogP contribution in [0.15, 0.2) is 0 Å². The number of fused-ring (bicyclic) bond motifs is 2. The maximum atomic E-state index is 12.9. The number of likely N-dealkylation sites (tertiary alicyclic amines) is 1. The van der Waals surface area contributed by atoms with Crippen molar-refractivity contribution in [3.05, 3.63) is 0 Å². The summed E-state index contributed by atoms with van der Waals surface area (Å²) in [5.41, 5.74) is 6.35. The fraction of sp³-hybridized carbons (Fsp3) is 0.944. The van der Waals surface area contributed by atoms with Gasteiger partial charge >= 0.3 is 0 Å². The lowest BCUT2D eigenvalue weighted by Crippen LogP contribution is -2.49. The van der Waals surface area contributed by atoms with E-state index in [1.807, 2.05) is 0 Å². The Balaban J connectivity index is 1.46. The maximum Gasteiger partial charge on any atom is 0.225 e. The molecule has 2 N–H and O–H groups in total. The largest absolute Gasteiger partial charge is 0.382 e. The third-order valence-electron chi connectivity index (χ3n) is 6.15. The zero-order valence-electron chi connectivity index (χ0n) is 14.4. The summed E-state index contributed by atoms with van der Waals surface area (Å²) >= 11 is 0. The molecule has 2 bridgehead atoms. The number of hydrogen-bond donors (Lipinski definition) is 1. The summed E-state index contributed by atoms with van der Waals surface area (Å²) < 4.78 is 10.6. The first-order valence-corrected chi connectivity index (χ1v) is 9.30.